The summed E-state index contributed by atoms with van der Waals surface area (Å²) in [6, 6.07) is 9.48. The van der Waals surface area contributed by atoms with Gasteiger partial charge in [0, 0.05) is 18.3 Å². The molecule has 6 heteroatoms. The molecule has 0 spiro atoms. The first-order valence-corrected chi connectivity index (χ1v) is 7.42. The van der Waals surface area contributed by atoms with Gasteiger partial charge in [0.2, 0.25) is 5.91 Å². The van der Waals surface area contributed by atoms with E-state index in [0.717, 1.165) is 5.69 Å². The Hall–Kier alpha value is -2.63. The molecule has 0 aliphatic carbocycles. The average Bonchev–Trinajstić information content (AvgIpc) is 2.94. The summed E-state index contributed by atoms with van der Waals surface area (Å²) in [5.74, 6) is -0.450. The summed E-state index contributed by atoms with van der Waals surface area (Å²) in [6.07, 6.45) is 3.10. The molecule has 0 atom stereocenters. The lowest BCUT2D eigenvalue weighted by molar-refractivity contribution is -0.122. The first kappa shape index (κ1) is 16.7. The van der Waals surface area contributed by atoms with Crippen LogP contribution in [0.2, 0.25) is 0 Å². The molecule has 1 aromatic carbocycles. The monoisotopic (exact) mass is 314 g/mol. The van der Waals surface area contributed by atoms with Crippen molar-refractivity contribution in [3.05, 3.63) is 48.5 Å². The van der Waals surface area contributed by atoms with Crippen LogP contribution in [0.3, 0.4) is 0 Å². The number of para-hydroxylation sites is 1. The van der Waals surface area contributed by atoms with E-state index in [-0.39, 0.29) is 23.9 Å². The number of aromatic nitrogens is 2. The van der Waals surface area contributed by atoms with Crippen molar-refractivity contribution in [3.63, 3.8) is 0 Å². The number of rotatable bonds is 4. The fraction of sp³-hybridized carbons (Fsp3) is 0.353. The third-order valence-corrected chi connectivity index (χ3v) is 3.13. The lowest BCUT2D eigenvalue weighted by atomic mass is 10.1. The van der Waals surface area contributed by atoms with Crippen LogP contribution in [0.4, 0.5) is 0 Å². The molecule has 6 nitrogen and oxygen atoms in total. The zero-order chi connectivity index (χ0) is 17.0. The molecule has 2 amide bonds. The molecule has 0 aliphatic heterocycles. The molecule has 2 rings (SSSR count). The molecule has 0 bridgehead atoms. The van der Waals surface area contributed by atoms with Crippen molar-refractivity contribution >= 4 is 11.8 Å². The minimum Gasteiger partial charge on any atom is -0.350 e. The molecule has 23 heavy (non-hydrogen) atoms. The summed E-state index contributed by atoms with van der Waals surface area (Å²) in [6.45, 7) is 5.70. The molecule has 122 valence electrons. The van der Waals surface area contributed by atoms with Crippen LogP contribution in [0.5, 0.6) is 0 Å². The predicted octanol–water partition coefficient (Wildman–Crippen LogP) is 1.86. The molecule has 0 saturated heterocycles. The molecule has 0 radical (unpaired) electrons. The SMILES string of the molecule is CN(CC(=O)NC(C)(C)C)C(=O)c1cncn1-c1ccccc1. The third-order valence-electron chi connectivity index (χ3n) is 3.13. The number of nitrogens with zero attached hydrogens (tertiary/aromatic N) is 3. The summed E-state index contributed by atoms with van der Waals surface area (Å²) in [4.78, 5) is 30.0. The summed E-state index contributed by atoms with van der Waals surface area (Å²) < 4.78 is 1.71. The number of carbonyl (C=O) groups is 2. The topological polar surface area (TPSA) is 67.2 Å². The Bertz CT molecular complexity index is 686. The van der Waals surface area contributed by atoms with E-state index in [1.165, 1.54) is 11.1 Å². The maximum atomic E-state index is 12.6. The zero-order valence-electron chi connectivity index (χ0n) is 13.9. The Labute approximate surface area is 136 Å². The van der Waals surface area contributed by atoms with Crippen molar-refractivity contribution in [1.29, 1.82) is 0 Å². The van der Waals surface area contributed by atoms with E-state index in [1.807, 2.05) is 51.1 Å². The van der Waals surface area contributed by atoms with Crippen LogP contribution >= 0.6 is 0 Å². The van der Waals surface area contributed by atoms with Crippen LogP contribution in [0.1, 0.15) is 31.3 Å². The molecular weight excluding hydrogens is 292 g/mol. The number of imidazole rings is 1. The quantitative estimate of drug-likeness (QED) is 0.936. The second-order valence-electron chi connectivity index (χ2n) is 6.44. The van der Waals surface area contributed by atoms with Crippen LogP contribution in [0, 0.1) is 0 Å². The molecule has 1 heterocycles. The molecule has 0 aliphatic rings. The van der Waals surface area contributed by atoms with E-state index in [2.05, 4.69) is 10.3 Å². The van der Waals surface area contributed by atoms with Crippen molar-refractivity contribution in [3.8, 4) is 5.69 Å². The van der Waals surface area contributed by atoms with Crippen LogP contribution < -0.4 is 5.32 Å². The summed E-state index contributed by atoms with van der Waals surface area (Å²) in [5, 5.41) is 2.84. The average molecular weight is 314 g/mol. The number of carbonyl (C=O) groups excluding carboxylic acids is 2. The Morgan fingerprint density at radius 1 is 1.22 bits per heavy atom. The largest absolute Gasteiger partial charge is 0.350 e. The van der Waals surface area contributed by atoms with Gasteiger partial charge in [-0.05, 0) is 32.9 Å². The zero-order valence-corrected chi connectivity index (χ0v) is 13.9. The van der Waals surface area contributed by atoms with E-state index in [4.69, 9.17) is 0 Å². The van der Waals surface area contributed by atoms with Crippen LogP contribution in [0.25, 0.3) is 5.69 Å². The van der Waals surface area contributed by atoms with E-state index in [0.29, 0.717) is 5.69 Å². The van der Waals surface area contributed by atoms with Gasteiger partial charge in [-0.25, -0.2) is 4.98 Å². The number of benzene rings is 1. The highest BCUT2D eigenvalue weighted by Crippen LogP contribution is 2.12. The Kier molecular flexibility index (Phi) is 4.83. The number of nitrogens with one attached hydrogen (secondary N) is 1. The van der Waals surface area contributed by atoms with Gasteiger partial charge in [0.05, 0.1) is 19.1 Å². The van der Waals surface area contributed by atoms with Crippen molar-refractivity contribution in [1.82, 2.24) is 19.8 Å². The smallest absolute Gasteiger partial charge is 0.272 e. The molecule has 0 saturated carbocycles. The number of hydrogen-bond donors (Lipinski definition) is 1. The van der Waals surface area contributed by atoms with Gasteiger partial charge in [-0.15, -0.1) is 0 Å². The fourth-order valence-corrected chi connectivity index (χ4v) is 2.19. The summed E-state index contributed by atoms with van der Waals surface area (Å²) in [5.41, 5.74) is 0.940. The number of likely N-dealkylation sites (N-methyl/N-ethyl adjacent to an activating group) is 1. The highest BCUT2D eigenvalue weighted by molar-refractivity contribution is 5.95. The van der Waals surface area contributed by atoms with Crippen molar-refractivity contribution in [2.45, 2.75) is 26.3 Å². The minimum absolute atomic E-state index is 0.00390. The lowest BCUT2D eigenvalue weighted by Crippen LogP contribution is -2.46. The predicted molar refractivity (Wildman–Crippen MR) is 88.4 cm³/mol. The minimum atomic E-state index is -0.327. The van der Waals surface area contributed by atoms with Gasteiger partial charge in [-0.1, -0.05) is 18.2 Å². The van der Waals surface area contributed by atoms with Crippen LogP contribution in [-0.2, 0) is 4.79 Å². The Balaban J connectivity index is 2.12. The first-order chi connectivity index (χ1) is 10.8. The number of hydrogen-bond acceptors (Lipinski definition) is 3. The van der Waals surface area contributed by atoms with Gasteiger partial charge in [0.25, 0.3) is 5.91 Å². The summed E-state index contributed by atoms with van der Waals surface area (Å²) in [7, 11) is 1.60. The van der Waals surface area contributed by atoms with E-state index in [1.54, 1.807) is 17.9 Å². The van der Waals surface area contributed by atoms with Gasteiger partial charge < -0.3 is 10.2 Å². The van der Waals surface area contributed by atoms with Crippen LogP contribution in [0.15, 0.2) is 42.9 Å². The first-order valence-electron chi connectivity index (χ1n) is 7.42. The maximum absolute atomic E-state index is 12.6. The highest BCUT2D eigenvalue weighted by atomic mass is 16.2. The van der Waals surface area contributed by atoms with E-state index in [9.17, 15) is 9.59 Å². The Morgan fingerprint density at radius 2 is 1.87 bits per heavy atom. The second kappa shape index (κ2) is 6.64. The third kappa shape index (κ3) is 4.42. The fourth-order valence-electron chi connectivity index (χ4n) is 2.19. The van der Waals surface area contributed by atoms with E-state index >= 15 is 0 Å². The maximum Gasteiger partial charge on any atom is 0.272 e. The van der Waals surface area contributed by atoms with E-state index < -0.39 is 0 Å². The molecular formula is C17H22N4O2. The lowest BCUT2D eigenvalue weighted by Gasteiger charge is -2.23. The standard InChI is InChI=1S/C17H22N4O2/c1-17(2,3)19-15(22)11-20(4)16(23)14-10-18-12-21(14)13-8-6-5-7-9-13/h5-10,12H,11H2,1-4H3,(H,19,22). The van der Waals surface area contributed by atoms with Gasteiger partial charge in [-0.3, -0.25) is 14.2 Å². The molecule has 0 fully saturated rings. The molecule has 2 aromatic rings. The molecule has 0 unspecified atom stereocenters. The Morgan fingerprint density at radius 3 is 2.48 bits per heavy atom. The van der Waals surface area contributed by atoms with Gasteiger partial charge in [0.15, 0.2) is 0 Å². The van der Waals surface area contributed by atoms with Crippen molar-refractivity contribution < 1.29 is 9.59 Å². The van der Waals surface area contributed by atoms with Crippen molar-refractivity contribution in [2.75, 3.05) is 13.6 Å². The highest BCUT2D eigenvalue weighted by Gasteiger charge is 2.21. The molecule has 1 aromatic heterocycles. The van der Waals surface area contributed by atoms with Gasteiger partial charge in [-0.2, -0.15) is 0 Å². The second-order valence-corrected chi connectivity index (χ2v) is 6.44. The molecule has 1 N–H and O–H groups in total. The van der Waals surface area contributed by atoms with Gasteiger partial charge in [0.1, 0.15) is 5.69 Å². The summed E-state index contributed by atoms with van der Waals surface area (Å²) >= 11 is 0. The van der Waals surface area contributed by atoms with Crippen LogP contribution in [-0.4, -0.2) is 45.4 Å². The van der Waals surface area contributed by atoms with Crippen molar-refractivity contribution in [2.24, 2.45) is 0 Å². The van der Waals surface area contributed by atoms with Gasteiger partial charge >= 0.3 is 0 Å². The normalized spacial score (nSPS) is 11.1. The number of amides is 2.